The van der Waals surface area contributed by atoms with E-state index >= 15 is 0 Å². The summed E-state index contributed by atoms with van der Waals surface area (Å²) in [5.74, 6) is -1.17. The molecule has 272 valence electrons. The van der Waals surface area contributed by atoms with E-state index in [-0.39, 0.29) is 24.0 Å². The summed E-state index contributed by atoms with van der Waals surface area (Å²) in [6, 6.07) is 3.79. The fraction of sp³-hybridized carbons (Fsp3) is 0.714. The molecule has 1 aliphatic rings. The largest absolute Gasteiger partial charge is 0.531 e. The molecule has 1 aromatic carbocycles. The van der Waals surface area contributed by atoms with Crippen LogP contribution in [-0.2, 0) is 39.2 Å². The van der Waals surface area contributed by atoms with Crippen molar-refractivity contribution in [2.75, 3.05) is 6.54 Å². The van der Waals surface area contributed by atoms with Crippen LogP contribution < -0.4 is 25.8 Å². The molecule has 0 aliphatic heterocycles. The summed E-state index contributed by atoms with van der Waals surface area (Å²) in [5, 5.41) is 11.1. The highest BCUT2D eigenvalue weighted by molar-refractivity contribution is 7.49. The predicted molar refractivity (Wildman–Crippen MR) is 186 cm³/mol. The van der Waals surface area contributed by atoms with Crippen molar-refractivity contribution in [2.24, 2.45) is 11.8 Å². The van der Waals surface area contributed by atoms with Crippen LogP contribution >= 0.6 is 7.82 Å². The maximum absolute atomic E-state index is 13.5. The first kappa shape index (κ1) is 41.2. The first-order valence-electron chi connectivity index (χ1n) is 17.1. The van der Waals surface area contributed by atoms with Gasteiger partial charge in [0.25, 0.3) is 0 Å². The number of rotatable bonds is 16. The molecule has 1 aromatic rings. The molecule has 1 fully saturated rings. The SMILES string of the molecule is CC(=O)N[C@@H](Cc1ccc(OP(=O)(OC(C)(C)C)OC(C)(C)C)cc1)C(=O)N[C@H](C(=O)N[C@@H](C)C(=O)NCCC1CCCCC1)C(C)C. The third kappa shape index (κ3) is 15.5. The highest BCUT2D eigenvalue weighted by Crippen LogP contribution is 2.55. The van der Waals surface area contributed by atoms with Gasteiger partial charge in [-0.2, -0.15) is 0 Å². The van der Waals surface area contributed by atoms with Crippen LogP contribution in [0.15, 0.2) is 24.3 Å². The van der Waals surface area contributed by atoms with E-state index in [1.165, 1.54) is 39.0 Å². The zero-order valence-corrected chi connectivity index (χ0v) is 31.5. The highest BCUT2D eigenvalue weighted by atomic mass is 31.2. The number of hydrogen-bond acceptors (Lipinski definition) is 8. The number of nitrogens with one attached hydrogen (secondary N) is 4. The highest BCUT2D eigenvalue weighted by Gasteiger charge is 2.39. The molecule has 1 saturated carbocycles. The van der Waals surface area contributed by atoms with Crippen LogP contribution in [0.4, 0.5) is 0 Å². The Morgan fingerprint density at radius 1 is 0.812 bits per heavy atom. The van der Waals surface area contributed by atoms with E-state index in [9.17, 15) is 23.7 Å². The summed E-state index contributed by atoms with van der Waals surface area (Å²) in [4.78, 5) is 51.4. The second-order valence-corrected chi connectivity index (χ2v) is 16.5. The van der Waals surface area contributed by atoms with Crippen molar-refractivity contribution in [3.8, 4) is 5.75 Å². The fourth-order valence-electron chi connectivity index (χ4n) is 5.42. The maximum Gasteiger partial charge on any atom is 0.531 e. The van der Waals surface area contributed by atoms with E-state index in [0.29, 0.717) is 18.0 Å². The monoisotopic (exact) mass is 694 g/mol. The lowest BCUT2D eigenvalue weighted by atomic mass is 9.87. The lowest BCUT2D eigenvalue weighted by molar-refractivity contribution is -0.134. The van der Waals surface area contributed by atoms with Crippen molar-refractivity contribution in [2.45, 2.75) is 144 Å². The summed E-state index contributed by atoms with van der Waals surface area (Å²) >= 11 is 0. The number of amides is 4. The standard InChI is InChI=1S/C35H59N4O8P/c1-23(2)30(33(43)37-24(3)31(41)36-21-20-26-14-12-11-13-15-26)39-32(42)29(38-25(4)40)22-27-16-18-28(19-17-27)45-48(44,46-34(5,6)7)47-35(8,9)10/h16-19,23-24,26,29-30H,11-15,20-22H2,1-10H3,(H,36,41)(H,37,43)(H,38,40)(H,39,42)/t24-,29-,30-/m0/s1. The molecule has 48 heavy (non-hydrogen) atoms. The molecule has 0 aromatic heterocycles. The van der Waals surface area contributed by atoms with Crippen molar-refractivity contribution in [3.05, 3.63) is 29.8 Å². The predicted octanol–water partition coefficient (Wildman–Crippen LogP) is 5.58. The minimum atomic E-state index is -4.01. The van der Waals surface area contributed by atoms with Gasteiger partial charge in [-0.25, -0.2) is 4.57 Å². The normalized spacial score (nSPS) is 16.4. The van der Waals surface area contributed by atoms with Crippen LogP contribution in [0.25, 0.3) is 0 Å². The Bertz CT molecular complexity index is 1250. The van der Waals surface area contributed by atoms with Crippen molar-refractivity contribution in [3.63, 3.8) is 0 Å². The first-order valence-corrected chi connectivity index (χ1v) is 18.6. The Labute approximate surface area is 287 Å². The number of benzene rings is 1. The van der Waals surface area contributed by atoms with Gasteiger partial charge < -0.3 is 25.8 Å². The number of phosphoric ester groups is 1. The number of carbonyl (C=O) groups is 4. The summed E-state index contributed by atoms with van der Waals surface area (Å²) in [6.07, 6.45) is 7.18. The van der Waals surface area contributed by atoms with E-state index < -0.39 is 54.9 Å². The molecule has 0 radical (unpaired) electrons. The Morgan fingerprint density at radius 3 is 1.88 bits per heavy atom. The summed E-state index contributed by atoms with van der Waals surface area (Å²) in [6.45, 7) is 17.5. The van der Waals surface area contributed by atoms with Gasteiger partial charge in [-0.3, -0.25) is 28.2 Å². The Hall–Kier alpha value is -2.95. The van der Waals surface area contributed by atoms with Crippen molar-refractivity contribution in [1.82, 2.24) is 21.3 Å². The van der Waals surface area contributed by atoms with Gasteiger partial charge in [0.15, 0.2) is 0 Å². The maximum atomic E-state index is 13.5. The molecule has 4 N–H and O–H groups in total. The van der Waals surface area contributed by atoms with Gasteiger partial charge in [0.1, 0.15) is 23.9 Å². The zero-order chi connectivity index (χ0) is 36.3. The van der Waals surface area contributed by atoms with Crippen LogP contribution in [0.1, 0.15) is 113 Å². The zero-order valence-electron chi connectivity index (χ0n) is 30.6. The van der Waals surface area contributed by atoms with Gasteiger partial charge in [-0.1, -0.05) is 58.1 Å². The Balaban J connectivity index is 2.06. The smallest absolute Gasteiger partial charge is 0.404 e. The third-order valence-electron chi connectivity index (χ3n) is 7.62. The summed E-state index contributed by atoms with van der Waals surface area (Å²) in [7, 11) is -4.01. The van der Waals surface area contributed by atoms with E-state index in [2.05, 4.69) is 21.3 Å². The molecule has 0 heterocycles. The molecule has 0 saturated heterocycles. The molecule has 12 nitrogen and oxygen atoms in total. The van der Waals surface area contributed by atoms with Gasteiger partial charge in [-0.05, 0) is 84.4 Å². The molecule has 4 amide bonds. The van der Waals surface area contributed by atoms with E-state index in [0.717, 1.165) is 6.42 Å². The second-order valence-electron chi connectivity index (χ2n) is 15.1. The average molecular weight is 695 g/mol. The van der Waals surface area contributed by atoms with Crippen LogP contribution in [0.5, 0.6) is 5.75 Å². The van der Waals surface area contributed by atoms with Crippen molar-refractivity contribution in [1.29, 1.82) is 0 Å². The minimum absolute atomic E-state index is 0.104. The Kier molecular flexibility index (Phi) is 15.6. The van der Waals surface area contributed by atoms with Crippen molar-refractivity contribution >= 4 is 31.5 Å². The topological polar surface area (TPSA) is 161 Å². The van der Waals surface area contributed by atoms with Crippen LogP contribution in [0.3, 0.4) is 0 Å². The van der Waals surface area contributed by atoms with Crippen LogP contribution in [0, 0.1) is 11.8 Å². The number of hydrogen-bond donors (Lipinski definition) is 4. The third-order valence-corrected chi connectivity index (χ3v) is 9.60. The lowest BCUT2D eigenvalue weighted by Crippen LogP contribution is -2.58. The molecular weight excluding hydrogens is 635 g/mol. The van der Waals surface area contributed by atoms with Crippen LogP contribution in [0.2, 0.25) is 0 Å². The van der Waals surface area contributed by atoms with E-state index in [1.807, 2.05) is 0 Å². The minimum Gasteiger partial charge on any atom is -0.404 e. The molecule has 2 rings (SSSR count). The van der Waals surface area contributed by atoms with E-state index in [1.54, 1.807) is 86.6 Å². The Morgan fingerprint density at radius 2 is 1.38 bits per heavy atom. The second kappa shape index (κ2) is 18.2. The molecule has 0 unspecified atom stereocenters. The van der Waals surface area contributed by atoms with Gasteiger partial charge in [0, 0.05) is 19.9 Å². The summed E-state index contributed by atoms with van der Waals surface area (Å²) in [5.41, 5.74) is -0.935. The van der Waals surface area contributed by atoms with Crippen molar-refractivity contribution < 1.29 is 37.3 Å². The molecule has 13 heteroatoms. The average Bonchev–Trinajstić information content (AvgIpc) is 2.94. The van der Waals surface area contributed by atoms with Gasteiger partial charge in [-0.15, -0.1) is 0 Å². The van der Waals surface area contributed by atoms with Gasteiger partial charge in [0.05, 0.1) is 11.2 Å². The van der Waals surface area contributed by atoms with Gasteiger partial charge >= 0.3 is 7.82 Å². The van der Waals surface area contributed by atoms with E-state index in [4.69, 9.17) is 13.6 Å². The summed E-state index contributed by atoms with van der Waals surface area (Å²) < 4.78 is 30.6. The molecular formula is C35H59N4O8P. The molecule has 0 bridgehead atoms. The molecule has 1 aliphatic carbocycles. The van der Waals surface area contributed by atoms with Gasteiger partial charge in [0.2, 0.25) is 23.6 Å². The lowest BCUT2D eigenvalue weighted by Gasteiger charge is -2.30. The van der Waals surface area contributed by atoms with Crippen LogP contribution in [-0.4, -0.2) is 59.5 Å². The molecule has 3 atom stereocenters. The first-order chi connectivity index (χ1) is 22.2. The molecule has 0 spiro atoms. The fourth-order valence-corrected chi connectivity index (χ4v) is 7.25. The number of carbonyl (C=O) groups excluding carboxylic acids is 4. The quantitative estimate of drug-likeness (QED) is 0.163. The number of phosphoric acid groups is 1.